The number of halogens is 1. The molecule has 0 aliphatic rings. The van der Waals surface area contributed by atoms with Gasteiger partial charge in [-0.15, -0.1) is 0 Å². The standard InChI is InChI=1S/C20H18ClNO5/c1-2-25-11-15-12-26-19(22-15)16-10-14(21)8-9-17(16)27-18(20(23)24)13-6-4-3-5-7-13/h3-10,12,18H,2,11H2,1H3,(H,23,24). The minimum absolute atomic E-state index is 0.277. The van der Waals surface area contributed by atoms with E-state index in [1.165, 1.54) is 6.26 Å². The zero-order valence-corrected chi connectivity index (χ0v) is 15.3. The van der Waals surface area contributed by atoms with E-state index < -0.39 is 12.1 Å². The molecule has 0 fully saturated rings. The molecule has 0 amide bonds. The number of benzene rings is 2. The van der Waals surface area contributed by atoms with Crippen LogP contribution in [0.5, 0.6) is 5.75 Å². The van der Waals surface area contributed by atoms with Gasteiger partial charge in [0.2, 0.25) is 12.0 Å². The quantitative estimate of drug-likeness (QED) is 0.601. The Balaban J connectivity index is 1.94. The third-order valence-electron chi connectivity index (χ3n) is 3.75. The van der Waals surface area contributed by atoms with E-state index >= 15 is 0 Å². The average Bonchev–Trinajstić information content (AvgIpc) is 3.14. The van der Waals surface area contributed by atoms with Crippen molar-refractivity contribution in [3.8, 4) is 17.2 Å². The van der Waals surface area contributed by atoms with Crippen molar-refractivity contribution in [1.82, 2.24) is 4.98 Å². The van der Waals surface area contributed by atoms with E-state index in [9.17, 15) is 9.90 Å². The highest BCUT2D eigenvalue weighted by Crippen LogP contribution is 2.35. The maximum atomic E-state index is 11.7. The SMILES string of the molecule is CCOCc1coc(-c2cc(Cl)ccc2OC(C(=O)O)c2ccccc2)n1. The minimum atomic E-state index is -1.18. The molecule has 3 aromatic rings. The molecule has 0 radical (unpaired) electrons. The van der Waals surface area contributed by atoms with Gasteiger partial charge in [-0.3, -0.25) is 0 Å². The minimum Gasteiger partial charge on any atom is -0.478 e. The Morgan fingerprint density at radius 1 is 1.26 bits per heavy atom. The highest BCUT2D eigenvalue weighted by Gasteiger charge is 2.24. The van der Waals surface area contributed by atoms with Gasteiger partial charge in [-0.25, -0.2) is 9.78 Å². The number of oxazole rings is 1. The largest absolute Gasteiger partial charge is 0.478 e. The van der Waals surface area contributed by atoms with Crippen molar-refractivity contribution in [2.75, 3.05) is 6.61 Å². The lowest BCUT2D eigenvalue weighted by Gasteiger charge is -2.17. The molecule has 1 heterocycles. The Morgan fingerprint density at radius 2 is 2.04 bits per heavy atom. The fourth-order valence-electron chi connectivity index (χ4n) is 2.49. The summed E-state index contributed by atoms with van der Waals surface area (Å²) in [5, 5.41) is 10.1. The Kier molecular flexibility index (Phi) is 6.11. The van der Waals surface area contributed by atoms with Crippen LogP contribution in [0.3, 0.4) is 0 Å². The van der Waals surface area contributed by atoms with Crippen molar-refractivity contribution < 1.29 is 23.8 Å². The number of aliphatic carboxylic acids is 1. The third-order valence-corrected chi connectivity index (χ3v) is 3.98. The molecule has 2 aromatic carbocycles. The Labute approximate surface area is 161 Å². The van der Waals surface area contributed by atoms with Gasteiger partial charge in [-0.2, -0.15) is 0 Å². The lowest BCUT2D eigenvalue weighted by atomic mass is 10.1. The highest BCUT2D eigenvalue weighted by molar-refractivity contribution is 6.30. The molecule has 6 nitrogen and oxygen atoms in total. The molecule has 7 heteroatoms. The van der Waals surface area contributed by atoms with Gasteiger partial charge in [0.25, 0.3) is 0 Å². The van der Waals surface area contributed by atoms with Crippen LogP contribution in [0, 0.1) is 0 Å². The number of aromatic nitrogens is 1. The number of ether oxygens (including phenoxy) is 2. The monoisotopic (exact) mass is 387 g/mol. The van der Waals surface area contributed by atoms with Crippen LogP contribution >= 0.6 is 11.6 Å². The Hall–Kier alpha value is -2.83. The lowest BCUT2D eigenvalue weighted by Crippen LogP contribution is -2.18. The number of carboxylic acid groups (broad SMARTS) is 1. The highest BCUT2D eigenvalue weighted by atomic mass is 35.5. The molecular weight excluding hydrogens is 370 g/mol. The van der Waals surface area contributed by atoms with E-state index in [-0.39, 0.29) is 5.89 Å². The summed E-state index contributed by atoms with van der Waals surface area (Å²) in [5.41, 5.74) is 1.61. The summed E-state index contributed by atoms with van der Waals surface area (Å²) in [4.78, 5) is 16.1. The molecule has 1 atom stereocenters. The van der Waals surface area contributed by atoms with Crippen LogP contribution in [0.25, 0.3) is 11.5 Å². The second kappa shape index (κ2) is 8.70. The molecule has 1 aromatic heterocycles. The van der Waals surface area contributed by atoms with Crippen LogP contribution in [0.1, 0.15) is 24.3 Å². The lowest BCUT2D eigenvalue weighted by molar-refractivity contribution is -0.145. The maximum absolute atomic E-state index is 11.7. The van der Waals surface area contributed by atoms with E-state index in [0.29, 0.717) is 40.8 Å². The molecule has 1 unspecified atom stereocenters. The van der Waals surface area contributed by atoms with Gasteiger partial charge in [0, 0.05) is 17.2 Å². The van der Waals surface area contributed by atoms with Crippen molar-refractivity contribution in [2.24, 2.45) is 0 Å². The first-order valence-electron chi connectivity index (χ1n) is 8.35. The molecule has 1 N–H and O–H groups in total. The number of rotatable bonds is 8. The van der Waals surface area contributed by atoms with E-state index in [4.69, 9.17) is 25.5 Å². The van der Waals surface area contributed by atoms with Crippen molar-refractivity contribution in [3.63, 3.8) is 0 Å². The summed E-state index contributed by atoms with van der Waals surface area (Å²) in [6.07, 6.45) is 0.311. The van der Waals surface area contributed by atoms with Gasteiger partial charge in [0.1, 0.15) is 17.7 Å². The van der Waals surface area contributed by atoms with Gasteiger partial charge in [-0.1, -0.05) is 41.9 Å². The molecule has 0 spiro atoms. The molecular formula is C20H18ClNO5. The summed E-state index contributed by atoms with van der Waals surface area (Å²) in [7, 11) is 0. The van der Waals surface area contributed by atoms with Crippen LogP contribution in [0.15, 0.2) is 59.2 Å². The first-order chi connectivity index (χ1) is 13.1. The molecule has 3 rings (SSSR count). The summed E-state index contributed by atoms with van der Waals surface area (Å²) in [5.74, 6) is -0.522. The summed E-state index contributed by atoms with van der Waals surface area (Å²) >= 11 is 6.11. The molecule has 0 aliphatic heterocycles. The molecule has 0 saturated carbocycles. The van der Waals surface area contributed by atoms with Gasteiger partial charge in [-0.05, 0) is 25.1 Å². The van der Waals surface area contributed by atoms with Crippen molar-refractivity contribution >= 4 is 17.6 Å². The fourth-order valence-corrected chi connectivity index (χ4v) is 2.66. The van der Waals surface area contributed by atoms with Crippen LogP contribution in [0.4, 0.5) is 0 Å². The molecule has 27 heavy (non-hydrogen) atoms. The normalized spacial score (nSPS) is 11.9. The Bertz CT molecular complexity index is 910. The molecule has 0 bridgehead atoms. The predicted molar refractivity (Wildman–Crippen MR) is 99.7 cm³/mol. The first-order valence-corrected chi connectivity index (χ1v) is 8.72. The number of hydrogen-bond donors (Lipinski definition) is 1. The van der Waals surface area contributed by atoms with Crippen molar-refractivity contribution in [2.45, 2.75) is 19.6 Å². The second-order valence-corrected chi connectivity index (χ2v) is 6.10. The predicted octanol–water partition coefficient (Wildman–Crippen LogP) is 4.74. The number of carbonyl (C=O) groups is 1. The summed E-state index contributed by atoms with van der Waals surface area (Å²) in [6, 6.07) is 13.5. The van der Waals surface area contributed by atoms with E-state index in [0.717, 1.165) is 0 Å². The number of hydrogen-bond acceptors (Lipinski definition) is 5. The summed E-state index contributed by atoms with van der Waals surface area (Å²) < 4.78 is 16.6. The van der Waals surface area contributed by atoms with Crippen LogP contribution in [-0.2, 0) is 16.1 Å². The zero-order valence-electron chi connectivity index (χ0n) is 14.6. The number of carboxylic acids is 1. The third kappa shape index (κ3) is 4.67. The van der Waals surface area contributed by atoms with Crippen LogP contribution < -0.4 is 4.74 Å². The maximum Gasteiger partial charge on any atom is 0.349 e. The van der Waals surface area contributed by atoms with E-state index in [1.807, 2.05) is 13.0 Å². The fraction of sp³-hybridized carbons (Fsp3) is 0.200. The van der Waals surface area contributed by atoms with Crippen molar-refractivity contribution in [1.29, 1.82) is 0 Å². The van der Waals surface area contributed by atoms with Gasteiger partial charge >= 0.3 is 5.97 Å². The smallest absolute Gasteiger partial charge is 0.349 e. The van der Waals surface area contributed by atoms with Gasteiger partial charge in [0.05, 0.1) is 12.2 Å². The second-order valence-electron chi connectivity index (χ2n) is 5.67. The van der Waals surface area contributed by atoms with Gasteiger partial charge in [0.15, 0.2) is 0 Å². The first kappa shape index (κ1) is 18.9. The number of nitrogens with zero attached hydrogens (tertiary/aromatic N) is 1. The van der Waals surface area contributed by atoms with Gasteiger partial charge < -0.3 is 19.0 Å². The van der Waals surface area contributed by atoms with E-state index in [2.05, 4.69) is 4.98 Å². The molecule has 140 valence electrons. The molecule has 0 saturated heterocycles. The van der Waals surface area contributed by atoms with Crippen LogP contribution in [0.2, 0.25) is 5.02 Å². The zero-order chi connectivity index (χ0) is 19.2. The average molecular weight is 388 g/mol. The van der Waals surface area contributed by atoms with Crippen LogP contribution in [-0.4, -0.2) is 22.7 Å². The van der Waals surface area contributed by atoms with E-state index in [1.54, 1.807) is 42.5 Å². The van der Waals surface area contributed by atoms with Crippen molar-refractivity contribution in [3.05, 3.63) is 71.1 Å². The topological polar surface area (TPSA) is 81.8 Å². The Morgan fingerprint density at radius 3 is 2.74 bits per heavy atom. The molecule has 0 aliphatic carbocycles. The summed E-state index contributed by atoms with van der Waals surface area (Å²) in [6.45, 7) is 2.77.